The Bertz CT molecular complexity index is 1600. The van der Waals surface area contributed by atoms with Crippen LogP contribution < -0.4 is 4.74 Å². The smallest absolute Gasteiger partial charge is 0.335 e. The van der Waals surface area contributed by atoms with Crippen LogP contribution in [0, 0.1) is 6.92 Å². The number of ether oxygens (including phenoxy) is 1. The normalized spacial score (nSPS) is 20.3. The number of aryl methyl sites for hydroxylation is 1. The highest BCUT2D eigenvalue weighted by Crippen LogP contribution is 2.53. The number of hydrogen-bond donors (Lipinski definition) is 2. The lowest BCUT2D eigenvalue weighted by molar-refractivity contribution is -0.0550. The Morgan fingerprint density at radius 2 is 1.75 bits per heavy atom. The Labute approximate surface area is 246 Å². The monoisotopic (exact) mass is 597 g/mol. The van der Waals surface area contributed by atoms with Gasteiger partial charge in [-0.05, 0) is 86.1 Å². The number of aliphatic hydroxyl groups is 1. The van der Waals surface area contributed by atoms with E-state index in [0.29, 0.717) is 56.4 Å². The van der Waals surface area contributed by atoms with E-state index in [0.717, 1.165) is 35.3 Å². The van der Waals surface area contributed by atoms with Crippen LogP contribution in [-0.2, 0) is 12.2 Å². The molecule has 0 atom stereocenters. The molecule has 0 bridgehead atoms. The topological polar surface area (TPSA) is 92.8 Å². The van der Waals surface area contributed by atoms with E-state index < -0.39 is 11.6 Å². The van der Waals surface area contributed by atoms with Crippen LogP contribution in [-0.4, -0.2) is 21.3 Å². The summed E-state index contributed by atoms with van der Waals surface area (Å²) in [5, 5.41) is 26.4. The third-order valence-electron chi connectivity index (χ3n) is 7.93. The van der Waals surface area contributed by atoms with Gasteiger partial charge < -0.3 is 19.5 Å². The molecule has 0 aliphatic heterocycles. The summed E-state index contributed by atoms with van der Waals surface area (Å²) in [5.41, 5.74) is 3.69. The Kier molecular flexibility index (Phi) is 7.07. The lowest BCUT2D eigenvalue weighted by atomic mass is 9.64. The van der Waals surface area contributed by atoms with Crippen molar-refractivity contribution in [2.45, 2.75) is 56.7 Å². The minimum Gasteiger partial charge on any atom is -0.489 e. The van der Waals surface area contributed by atoms with Gasteiger partial charge in [-0.1, -0.05) is 58.2 Å². The van der Waals surface area contributed by atoms with Gasteiger partial charge in [-0.2, -0.15) is 0 Å². The molecule has 0 radical (unpaired) electrons. The van der Waals surface area contributed by atoms with Crippen molar-refractivity contribution in [2.75, 3.05) is 0 Å². The van der Waals surface area contributed by atoms with Crippen molar-refractivity contribution in [3.63, 3.8) is 0 Å². The Morgan fingerprint density at radius 1 is 1.02 bits per heavy atom. The summed E-state index contributed by atoms with van der Waals surface area (Å²) in [4.78, 5) is 11.4. The van der Waals surface area contributed by atoms with E-state index in [-0.39, 0.29) is 18.1 Å². The standard InChI is InChI=1S/C31H26Cl3NO5/c1-16-5-6-18(30(36)37)11-21(16)19-13-31(38,14-19)23-10-9-20(12-26(23)34)39-15-22-28(35-40-29(22)17-7-8-17)27-24(32)3-2-4-25(27)33/h2-6,9-12,17,19,38H,7-8,13-15H2,1H3,(H,36,37)/t19-,31-. The number of carboxylic acids is 1. The Balaban J connectivity index is 1.20. The van der Waals surface area contributed by atoms with Gasteiger partial charge in [0.15, 0.2) is 0 Å². The first kappa shape index (κ1) is 27.2. The minimum absolute atomic E-state index is 0.0424. The van der Waals surface area contributed by atoms with Crippen LogP contribution >= 0.6 is 34.8 Å². The maximum absolute atomic E-state index is 11.4. The van der Waals surface area contributed by atoms with Crippen LogP contribution in [0.3, 0.4) is 0 Å². The molecule has 2 N–H and O–H groups in total. The van der Waals surface area contributed by atoms with Gasteiger partial charge >= 0.3 is 5.97 Å². The highest BCUT2D eigenvalue weighted by Gasteiger charge is 2.46. The number of carbonyl (C=O) groups is 1. The second-order valence-corrected chi connectivity index (χ2v) is 11.9. The van der Waals surface area contributed by atoms with Crippen molar-refractivity contribution in [3.05, 3.63) is 103 Å². The molecule has 40 heavy (non-hydrogen) atoms. The van der Waals surface area contributed by atoms with Crippen molar-refractivity contribution >= 4 is 40.8 Å². The molecule has 0 amide bonds. The first-order valence-electron chi connectivity index (χ1n) is 13.1. The lowest BCUT2D eigenvalue weighted by Crippen LogP contribution is -2.40. The predicted octanol–water partition coefficient (Wildman–Crippen LogP) is 8.53. The fourth-order valence-corrected chi connectivity index (χ4v) is 6.50. The molecular weight excluding hydrogens is 573 g/mol. The predicted molar refractivity (Wildman–Crippen MR) is 154 cm³/mol. The Hall–Kier alpha value is -3.03. The zero-order valence-corrected chi connectivity index (χ0v) is 23.9. The highest BCUT2D eigenvalue weighted by atomic mass is 35.5. The average Bonchev–Trinajstić information content (AvgIpc) is 3.66. The summed E-state index contributed by atoms with van der Waals surface area (Å²) < 4.78 is 11.9. The molecule has 2 aliphatic rings. The van der Waals surface area contributed by atoms with Gasteiger partial charge in [-0.3, -0.25) is 0 Å². The van der Waals surface area contributed by atoms with Crippen molar-refractivity contribution < 1.29 is 24.3 Å². The first-order chi connectivity index (χ1) is 19.1. The van der Waals surface area contributed by atoms with Gasteiger partial charge in [0, 0.05) is 17.0 Å². The van der Waals surface area contributed by atoms with Crippen LogP contribution in [0.1, 0.15) is 75.9 Å². The van der Waals surface area contributed by atoms with Crippen molar-refractivity contribution in [3.8, 4) is 17.0 Å². The van der Waals surface area contributed by atoms with E-state index in [9.17, 15) is 15.0 Å². The molecule has 1 heterocycles. The number of aromatic carboxylic acids is 1. The lowest BCUT2D eigenvalue weighted by Gasteiger charge is -2.45. The maximum Gasteiger partial charge on any atom is 0.335 e. The summed E-state index contributed by atoms with van der Waals surface area (Å²) in [6.45, 7) is 2.14. The van der Waals surface area contributed by atoms with E-state index in [2.05, 4.69) is 5.16 Å². The number of benzene rings is 3. The molecule has 1 aromatic heterocycles. The molecule has 2 aliphatic carbocycles. The largest absolute Gasteiger partial charge is 0.489 e. The van der Waals surface area contributed by atoms with Crippen LogP contribution in [0.5, 0.6) is 5.75 Å². The molecule has 4 aromatic rings. The van der Waals surface area contributed by atoms with Gasteiger partial charge in [0.05, 0.1) is 31.8 Å². The number of halogens is 3. The number of nitrogens with zero attached hydrogens (tertiary/aromatic N) is 1. The molecule has 0 unspecified atom stereocenters. The van der Waals surface area contributed by atoms with Crippen LogP contribution in [0.2, 0.25) is 15.1 Å². The van der Waals surface area contributed by atoms with Gasteiger partial charge in [-0.25, -0.2) is 4.79 Å². The quantitative estimate of drug-likeness (QED) is 0.211. The van der Waals surface area contributed by atoms with E-state index in [1.807, 2.05) is 13.0 Å². The SMILES string of the molecule is Cc1ccc(C(=O)O)cc1[C@H]1C[C@@](O)(c2ccc(OCc3c(-c4c(Cl)cccc4Cl)noc3C3CC3)cc2Cl)C1. The molecule has 2 fully saturated rings. The number of rotatable bonds is 8. The van der Waals surface area contributed by atoms with Crippen molar-refractivity contribution in [1.82, 2.24) is 5.16 Å². The van der Waals surface area contributed by atoms with Gasteiger partial charge in [0.2, 0.25) is 0 Å². The Morgan fingerprint density at radius 3 is 2.40 bits per heavy atom. The fraction of sp³-hybridized carbons (Fsp3) is 0.290. The molecule has 206 valence electrons. The second kappa shape index (κ2) is 10.4. The van der Waals surface area contributed by atoms with Crippen molar-refractivity contribution in [2.24, 2.45) is 0 Å². The van der Waals surface area contributed by atoms with E-state index in [1.54, 1.807) is 48.5 Å². The second-order valence-electron chi connectivity index (χ2n) is 10.7. The van der Waals surface area contributed by atoms with Gasteiger partial charge in [0.25, 0.3) is 0 Å². The summed E-state index contributed by atoms with van der Waals surface area (Å²) in [6, 6.07) is 15.7. The molecule has 0 spiro atoms. The fourth-order valence-electron chi connectivity index (χ4n) is 5.58. The molecule has 3 aromatic carbocycles. The summed E-state index contributed by atoms with van der Waals surface area (Å²) in [7, 11) is 0. The third-order valence-corrected chi connectivity index (χ3v) is 8.87. The van der Waals surface area contributed by atoms with Crippen LogP contribution in [0.15, 0.2) is 59.1 Å². The maximum atomic E-state index is 11.4. The molecule has 0 saturated heterocycles. The van der Waals surface area contributed by atoms with E-state index in [4.69, 9.17) is 44.1 Å². The average molecular weight is 599 g/mol. The molecule has 6 rings (SSSR count). The molecule has 9 heteroatoms. The van der Waals surface area contributed by atoms with Crippen molar-refractivity contribution in [1.29, 1.82) is 0 Å². The summed E-state index contributed by atoms with van der Waals surface area (Å²) in [5.74, 6) is 0.698. The van der Waals surface area contributed by atoms with Crippen LogP contribution in [0.25, 0.3) is 11.3 Å². The van der Waals surface area contributed by atoms with E-state index in [1.165, 1.54) is 0 Å². The number of carboxylic acid groups (broad SMARTS) is 1. The molecular formula is C31H26Cl3NO5. The zero-order chi connectivity index (χ0) is 28.2. The van der Waals surface area contributed by atoms with E-state index >= 15 is 0 Å². The minimum atomic E-state index is -1.10. The summed E-state index contributed by atoms with van der Waals surface area (Å²) in [6.07, 6.45) is 2.95. The number of hydrogen-bond acceptors (Lipinski definition) is 5. The third kappa shape index (κ3) is 4.99. The molecule has 2 saturated carbocycles. The molecule has 6 nitrogen and oxygen atoms in total. The first-order valence-corrected chi connectivity index (χ1v) is 14.2. The van der Waals surface area contributed by atoms with Gasteiger partial charge in [-0.15, -0.1) is 0 Å². The number of aromatic nitrogens is 1. The van der Waals surface area contributed by atoms with Gasteiger partial charge in [0.1, 0.15) is 23.8 Å². The zero-order valence-electron chi connectivity index (χ0n) is 21.6. The van der Waals surface area contributed by atoms with Crippen LogP contribution in [0.4, 0.5) is 0 Å². The summed E-state index contributed by atoms with van der Waals surface area (Å²) >= 11 is 19.6. The highest BCUT2D eigenvalue weighted by molar-refractivity contribution is 6.39.